The van der Waals surface area contributed by atoms with Crippen LogP contribution >= 0.6 is 0 Å². The third-order valence-corrected chi connectivity index (χ3v) is 1.74. The quantitative estimate of drug-likeness (QED) is 0.755. The molecule has 2 N–H and O–H groups in total. The van der Waals surface area contributed by atoms with Gasteiger partial charge < -0.3 is 5.73 Å². The lowest BCUT2D eigenvalue weighted by molar-refractivity contribution is 0.0972. The lowest BCUT2D eigenvalue weighted by Crippen LogP contribution is -2.20. The van der Waals surface area contributed by atoms with Crippen molar-refractivity contribution in [3.8, 4) is 0 Å². The van der Waals surface area contributed by atoms with Crippen LogP contribution in [0.4, 0.5) is 8.78 Å². The Kier molecular flexibility index (Phi) is 3.30. The van der Waals surface area contributed by atoms with E-state index in [1.165, 1.54) is 0 Å². The van der Waals surface area contributed by atoms with Crippen molar-refractivity contribution in [3.05, 3.63) is 35.4 Å². The Morgan fingerprint density at radius 3 is 2.64 bits per heavy atom. The molecule has 0 aromatic heterocycles. The van der Waals surface area contributed by atoms with E-state index in [1.54, 1.807) is 6.92 Å². The van der Waals surface area contributed by atoms with Crippen LogP contribution in [0.25, 0.3) is 0 Å². The summed E-state index contributed by atoms with van der Waals surface area (Å²) in [4.78, 5) is 11.3. The Hall–Kier alpha value is -1.29. The molecule has 1 rings (SSSR count). The van der Waals surface area contributed by atoms with E-state index in [0.29, 0.717) is 6.07 Å². The van der Waals surface area contributed by atoms with Crippen molar-refractivity contribution in [3.63, 3.8) is 0 Å². The van der Waals surface area contributed by atoms with Gasteiger partial charge in [0.2, 0.25) is 0 Å². The van der Waals surface area contributed by atoms with E-state index in [1.807, 2.05) is 0 Å². The van der Waals surface area contributed by atoms with Crippen LogP contribution < -0.4 is 5.73 Å². The van der Waals surface area contributed by atoms with Gasteiger partial charge in [0, 0.05) is 18.5 Å². The molecule has 0 heterocycles. The van der Waals surface area contributed by atoms with Gasteiger partial charge in [0.1, 0.15) is 11.6 Å². The number of rotatable bonds is 3. The van der Waals surface area contributed by atoms with Gasteiger partial charge in [0.05, 0.1) is 5.56 Å². The Morgan fingerprint density at radius 2 is 2.14 bits per heavy atom. The summed E-state index contributed by atoms with van der Waals surface area (Å²) in [5.74, 6) is -1.94. The highest BCUT2D eigenvalue weighted by Gasteiger charge is 2.13. The van der Waals surface area contributed by atoms with E-state index < -0.39 is 17.4 Å². The molecule has 1 aromatic carbocycles. The SMILES string of the molecule is CC(N)CC(=O)c1ccc(F)cc1F. The minimum Gasteiger partial charge on any atom is -0.328 e. The van der Waals surface area contributed by atoms with Gasteiger partial charge in [0.15, 0.2) is 5.78 Å². The number of carbonyl (C=O) groups excluding carboxylic acids is 1. The average molecular weight is 199 g/mol. The summed E-state index contributed by atoms with van der Waals surface area (Å²) in [6.07, 6.45) is 0.0581. The zero-order chi connectivity index (χ0) is 10.7. The van der Waals surface area contributed by atoms with Crippen LogP contribution in [0.2, 0.25) is 0 Å². The number of carbonyl (C=O) groups is 1. The number of nitrogens with two attached hydrogens (primary N) is 1. The molecule has 0 aliphatic rings. The van der Waals surface area contributed by atoms with Gasteiger partial charge in [-0.25, -0.2) is 8.78 Å². The zero-order valence-electron chi connectivity index (χ0n) is 7.76. The first-order valence-corrected chi connectivity index (χ1v) is 4.24. The molecule has 76 valence electrons. The van der Waals surface area contributed by atoms with Gasteiger partial charge in [-0.05, 0) is 19.1 Å². The highest BCUT2D eigenvalue weighted by molar-refractivity contribution is 5.96. The molecule has 0 aliphatic heterocycles. The fraction of sp³-hybridized carbons (Fsp3) is 0.300. The minimum atomic E-state index is -0.837. The number of Topliss-reactive ketones (excluding diaryl/α,β-unsaturated/α-hetero) is 1. The first kappa shape index (κ1) is 10.8. The second-order valence-electron chi connectivity index (χ2n) is 3.23. The molecule has 0 saturated carbocycles. The molecular formula is C10H11F2NO. The van der Waals surface area contributed by atoms with Gasteiger partial charge in [0.25, 0.3) is 0 Å². The topological polar surface area (TPSA) is 43.1 Å². The summed E-state index contributed by atoms with van der Waals surface area (Å²) < 4.78 is 25.5. The van der Waals surface area contributed by atoms with E-state index in [2.05, 4.69) is 0 Å². The number of benzene rings is 1. The van der Waals surface area contributed by atoms with Crippen LogP contribution in [0, 0.1) is 11.6 Å². The third kappa shape index (κ3) is 2.60. The molecule has 0 bridgehead atoms. The van der Waals surface area contributed by atoms with Crippen molar-refractivity contribution in [2.75, 3.05) is 0 Å². The van der Waals surface area contributed by atoms with Crippen molar-refractivity contribution in [2.45, 2.75) is 19.4 Å². The van der Waals surface area contributed by atoms with Crippen molar-refractivity contribution in [1.82, 2.24) is 0 Å². The van der Waals surface area contributed by atoms with E-state index >= 15 is 0 Å². The molecule has 0 spiro atoms. The summed E-state index contributed by atoms with van der Waals surface area (Å²) in [7, 11) is 0. The first-order valence-electron chi connectivity index (χ1n) is 4.24. The normalized spacial score (nSPS) is 12.6. The maximum atomic E-state index is 13.0. The molecule has 1 atom stereocenters. The van der Waals surface area contributed by atoms with Gasteiger partial charge in [-0.1, -0.05) is 0 Å². The molecule has 4 heteroatoms. The lowest BCUT2D eigenvalue weighted by atomic mass is 10.0. The molecule has 0 saturated heterocycles. The van der Waals surface area contributed by atoms with Gasteiger partial charge >= 0.3 is 0 Å². The molecule has 0 aliphatic carbocycles. The second kappa shape index (κ2) is 4.28. The fourth-order valence-electron chi connectivity index (χ4n) is 1.12. The van der Waals surface area contributed by atoms with Crippen LogP contribution in [0.3, 0.4) is 0 Å². The van der Waals surface area contributed by atoms with Gasteiger partial charge in [-0.2, -0.15) is 0 Å². The van der Waals surface area contributed by atoms with Gasteiger partial charge in [-0.15, -0.1) is 0 Å². The molecular weight excluding hydrogens is 188 g/mol. The first-order chi connectivity index (χ1) is 6.50. The van der Waals surface area contributed by atoms with E-state index in [4.69, 9.17) is 5.73 Å². The molecule has 2 nitrogen and oxygen atoms in total. The summed E-state index contributed by atoms with van der Waals surface area (Å²) in [6.45, 7) is 1.65. The summed E-state index contributed by atoms with van der Waals surface area (Å²) in [6, 6.07) is 2.55. The second-order valence-corrected chi connectivity index (χ2v) is 3.23. The highest BCUT2D eigenvalue weighted by Crippen LogP contribution is 2.12. The van der Waals surface area contributed by atoms with Crippen LogP contribution in [0.1, 0.15) is 23.7 Å². The number of halogens is 2. The minimum absolute atomic E-state index is 0.0581. The third-order valence-electron chi connectivity index (χ3n) is 1.74. The fourth-order valence-corrected chi connectivity index (χ4v) is 1.12. The Labute approximate surface area is 80.7 Å². The summed E-state index contributed by atoms with van der Waals surface area (Å²) in [5.41, 5.74) is 5.29. The number of hydrogen-bond donors (Lipinski definition) is 1. The van der Waals surface area contributed by atoms with Gasteiger partial charge in [-0.3, -0.25) is 4.79 Å². The Morgan fingerprint density at radius 1 is 1.50 bits per heavy atom. The van der Waals surface area contributed by atoms with E-state index in [0.717, 1.165) is 12.1 Å². The van der Waals surface area contributed by atoms with Crippen LogP contribution in [-0.4, -0.2) is 11.8 Å². The molecule has 1 aromatic rings. The number of ketones is 1. The van der Waals surface area contributed by atoms with Crippen molar-refractivity contribution >= 4 is 5.78 Å². The van der Waals surface area contributed by atoms with Crippen molar-refractivity contribution in [2.24, 2.45) is 5.73 Å². The predicted molar refractivity (Wildman–Crippen MR) is 49.0 cm³/mol. The Balaban J connectivity index is 2.90. The lowest BCUT2D eigenvalue weighted by Gasteiger charge is -2.04. The maximum Gasteiger partial charge on any atom is 0.167 e. The highest BCUT2D eigenvalue weighted by atomic mass is 19.1. The number of hydrogen-bond acceptors (Lipinski definition) is 2. The molecule has 0 radical (unpaired) electrons. The molecule has 1 unspecified atom stereocenters. The van der Waals surface area contributed by atoms with Crippen LogP contribution in [0.15, 0.2) is 18.2 Å². The largest absolute Gasteiger partial charge is 0.328 e. The van der Waals surface area contributed by atoms with E-state index in [-0.39, 0.29) is 18.0 Å². The van der Waals surface area contributed by atoms with Crippen LogP contribution in [0.5, 0.6) is 0 Å². The van der Waals surface area contributed by atoms with E-state index in [9.17, 15) is 13.6 Å². The monoisotopic (exact) mass is 199 g/mol. The maximum absolute atomic E-state index is 13.0. The van der Waals surface area contributed by atoms with Crippen molar-refractivity contribution < 1.29 is 13.6 Å². The van der Waals surface area contributed by atoms with Crippen molar-refractivity contribution in [1.29, 1.82) is 0 Å². The zero-order valence-corrected chi connectivity index (χ0v) is 7.76. The summed E-state index contributed by atoms with van der Waals surface area (Å²) in [5, 5.41) is 0. The van der Waals surface area contributed by atoms with Crippen LogP contribution in [-0.2, 0) is 0 Å². The molecule has 0 fully saturated rings. The standard InChI is InChI=1S/C10H11F2NO/c1-6(13)4-10(14)8-3-2-7(11)5-9(8)12/h2-3,5-6H,4,13H2,1H3. The molecule has 14 heavy (non-hydrogen) atoms. The smallest absolute Gasteiger partial charge is 0.167 e. The average Bonchev–Trinajstić information content (AvgIpc) is 2.01. The predicted octanol–water partition coefficient (Wildman–Crippen LogP) is 1.88. The summed E-state index contributed by atoms with van der Waals surface area (Å²) >= 11 is 0. The Bertz CT molecular complexity index is 350. The molecule has 0 amide bonds.